The Morgan fingerprint density at radius 1 is 1.12 bits per heavy atom. The van der Waals surface area contributed by atoms with Gasteiger partial charge in [0.2, 0.25) is 11.9 Å². The van der Waals surface area contributed by atoms with Gasteiger partial charge in [0.25, 0.3) is 0 Å². The monoisotopic (exact) mass is 331 g/mol. The van der Waals surface area contributed by atoms with Crippen LogP contribution in [0, 0.1) is 5.82 Å². The highest BCUT2D eigenvalue weighted by Crippen LogP contribution is 2.34. The van der Waals surface area contributed by atoms with Gasteiger partial charge in [-0.3, -0.25) is 0 Å². The summed E-state index contributed by atoms with van der Waals surface area (Å²) in [6.45, 7) is 4.80. The van der Waals surface area contributed by atoms with Crippen LogP contribution in [0.3, 0.4) is 0 Å². The maximum absolute atomic E-state index is 13.1. The van der Waals surface area contributed by atoms with E-state index < -0.39 is 5.60 Å². The molecule has 0 radical (unpaired) electrons. The fourth-order valence-corrected chi connectivity index (χ4v) is 2.64. The number of benzene rings is 1. The van der Waals surface area contributed by atoms with Crippen molar-refractivity contribution in [1.82, 2.24) is 15.0 Å². The predicted molar refractivity (Wildman–Crippen MR) is 90.8 cm³/mol. The van der Waals surface area contributed by atoms with Crippen LogP contribution in [0.4, 0.5) is 16.3 Å². The van der Waals surface area contributed by atoms with Crippen LogP contribution in [-0.2, 0) is 5.60 Å². The zero-order valence-electron chi connectivity index (χ0n) is 14.4. The average molecular weight is 331 g/mol. The number of rotatable bonds is 4. The molecule has 1 saturated heterocycles. The van der Waals surface area contributed by atoms with Crippen LogP contribution >= 0.6 is 0 Å². The summed E-state index contributed by atoms with van der Waals surface area (Å²) >= 11 is 0. The molecule has 24 heavy (non-hydrogen) atoms. The van der Waals surface area contributed by atoms with Gasteiger partial charge in [-0.05, 0) is 17.7 Å². The van der Waals surface area contributed by atoms with Gasteiger partial charge in [-0.15, -0.1) is 0 Å². The summed E-state index contributed by atoms with van der Waals surface area (Å²) in [5.74, 6) is 1.75. The SMILES string of the molecule is CC(C)c1nc(N(C)C)nc(N2CC(O)(c3ccc(F)cc3)C2)n1. The number of aromatic nitrogens is 3. The molecule has 0 unspecified atom stereocenters. The quantitative estimate of drug-likeness (QED) is 0.923. The Morgan fingerprint density at radius 3 is 2.29 bits per heavy atom. The number of anilines is 2. The van der Waals surface area contributed by atoms with Gasteiger partial charge in [0.1, 0.15) is 17.2 Å². The Balaban J connectivity index is 1.83. The highest BCUT2D eigenvalue weighted by atomic mass is 19.1. The molecule has 1 aliphatic heterocycles. The van der Waals surface area contributed by atoms with Crippen LogP contribution in [0.25, 0.3) is 0 Å². The van der Waals surface area contributed by atoms with E-state index in [1.54, 1.807) is 12.1 Å². The molecule has 1 aromatic carbocycles. The first kappa shape index (κ1) is 16.6. The van der Waals surface area contributed by atoms with Gasteiger partial charge >= 0.3 is 0 Å². The van der Waals surface area contributed by atoms with E-state index in [0.29, 0.717) is 30.5 Å². The van der Waals surface area contributed by atoms with Crippen LogP contribution in [0.1, 0.15) is 31.2 Å². The second-order valence-corrected chi connectivity index (χ2v) is 6.74. The Bertz CT molecular complexity index is 700. The van der Waals surface area contributed by atoms with E-state index >= 15 is 0 Å². The molecule has 6 nitrogen and oxygen atoms in total. The molecule has 7 heteroatoms. The molecule has 1 fully saturated rings. The molecule has 1 aromatic heterocycles. The lowest BCUT2D eigenvalue weighted by Gasteiger charge is -2.46. The molecule has 2 aromatic rings. The predicted octanol–water partition coefficient (Wildman–Crippen LogP) is 1.91. The van der Waals surface area contributed by atoms with Crippen molar-refractivity contribution in [2.24, 2.45) is 0 Å². The number of β-amino-alcohol motifs (C(OH)–C–C–N with tert-alkyl or cyclic N) is 1. The lowest BCUT2D eigenvalue weighted by molar-refractivity contribution is 0.00644. The summed E-state index contributed by atoms with van der Waals surface area (Å²) in [4.78, 5) is 17.2. The molecule has 1 N–H and O–H groups in total. The number of nitrogens with zero attached hydrogens (tertiary/aromatic N) is 5. The van der Waals surface area contributed by atoms with Gasteiger partial charge in [-0.2, -0.15) is 15.0 Å². The topological polar surface area (TPSA) is 65.4 Å². The first-order valence-corrected chi connectivity index (χ1v) is 7.95. The van der Waals surface area contributed by atoms with E-state index in [1.807, 2.05) is 37.7 Å². The zero-order chi connectivity index (χ0) is 17.5. The molecule has 0 amide bonds. The summed E-state index contributed by atoms with van der Waals surface area (Å²) in [6, 6.07) is 5.95. The molecule has 0 bridgehead atoms. The fourth-order valence-electron chi connectivity index (χ4n) is 2.64. The van der Waals surface area contributed by atoms with Crippen molar-refractivity contribution in [3.63, 3.8) is 0 Å². The van der Waals surface area contributed by atoms with E-state index in [9.17, 15) is 9.50 Å². The van der Waals surface area contributed by atoms with Crippen molar-refractivity contribution in [3.05, 3.63) is 41.5 Å². The van der Waals surface area contributed by atoms with Crippen LogP contribution in [-0.4, -0.2) is 47.2 Å². The molecule has 3 rings (SSSR count). The first-order chi connectivity index (χ1) is 11.3. The average Bonchev–Trinajstić information content (AvgIpc) is 2.52. The summed E-state index contributed by atoms with van der Waals surface area (Å²) in [7, 11) is 3.77. The number of hydrogen-bond acceptors (Lipinski definition) is 6. The third-order valence-corrected chi connectivity index (χ3v) is 4.11. The van der Waals surface area contributed by atoms with Gasteiger partial charge in [0, 0.05) is 20.0 Å². The van der Waals surface area contributed by atoms with Crippen molar-refractivity contribution in [3.8, 4) is 0 Å². The Labute approximate surface area is 141 Å². The summed E-state index contributed by atoms with van der Waals surface area (Å²) in [5.41, 5.74) is -0.303. The molecule has 0 spiro atoms. The minimum atomic E-state index is -1.00. The van der Waals surface area contributed by atoms with Crippen molar-refractivity contribution >= 4 is 11.9 Å². The molecule has 128 valence electrons. The lowest BCUT2D eigenvalue weighted by Crippen LogP contribution is -2.60. The molecular formula is C17H22FN5O. The van der Waals surface area contributed by atoms with Crippen molar-refractivity contribution < 1.29 is 9.50 Å². The zero-order valence-corrected chi connectivity index (χ0v) is 14.4. The lowest BCUT2D eigenvalue weighted by atomic mass is 9.86. The Hall–Kier alpha value is -2.28. The van der Waals surface area contributed by atoms with E-state index in [0.717, 1.165) is 5.82 Å². The standard InChI is InChI=1S/C17H22FN5O/c1-11(2)14-19-15(22(3)4)21-16(20-14)23-9-17(24,10-23)12-5-7-13(18)8-6-12/h5-8,11,24H,9-10H2,1-4H3. The van der Waals surface area contributed by atoms with Crippen LogP contribution in [0.2, 0.25) is 0 Å². The minimum absolute atomic E-state index is 0.183. The van der Waals surface area contributed by atoms with Gasteiger partial charge in [0.05, 0.1) is 13.1 Å². The second-order valence-electron chi connectivity index (χ2n) is 6.74. The van der Waals surface area contributed by atoms with E-state index in [1.165, 1.54) is 12.1 Å². The van der Waals surface area contributed by atoms with E-state index in [-0.39, 0.29) is 11.7 Å². The maximum Gasteiger partial charge on any atom is 0.230 e. The van der Waals surface area contributed by atoms with Crippen LogP contribution in [0.15, 0.2) is 24.3 Å². The molecule has 0 saturated carbocycles. The molecule has 0 aliphatic carbocycles. The van der Waals surface area contributed by atoms with E-state index in [2.05, 4.69) is 15.0 Å². The van der Waals surface area contributed by atoms with Gasteiger partial charge < -0.3 is 14.9 Å². The molecule has 0 atom stereocenters. The van der Waals surface area contributed by atoms with Gasteiger partial charge in [0.15, 0.2) is 0 Å². The first-order valence-electron chi connectivity index (χ1n) is 7.95. The van der Waals surface area contributed by atoms with Gasteiger partial charge in [-0.25, -0.2) is 4.39 Å². The second kappa shape index (κ2) is 5.98. The molecular weight excluding hydrogens is 309 g/mol. The number of aliphatic hydroxyl groups is 1. The molecule has 1 aliphatic rings. The smallest absolute Gasteiger partial charge is 0.230 e. The Kier molecular flexibility index (Phi) is 4.13. The fraction of sp³-hybridized carbons (Fsp3) is 0.471. The third-order valence-electron chi connectivity index (χ3n) is 4.11. The van der Waals surface area contributed by atoms with Crippen LogP contribution < -0.4 is 9.80 Å². The van der Waals surface area contributed by atoms with Crippen LogP contribution in [0.5, 0.6) is 0 Å². The van der Waals surface area contributed by atoms with Crippen molar-refractivity contribution in [1.29, 1.82) is 0 Å². The Morgan fingerprint density at radius 2 is 1.75 bits per heavy atom. The number of hydrogen-bond donors (Lipinski definition) is 1. The maximum atomic E-state index is 13.1. The normalized spacial score (nSPS) is 16.2. The van der Waals surface area contributed by atoms with Crippen molar-refractivity contribution in [2.45, 2.75) is 25.4 Å². The number of halogens is 1. The third kappa shape index (κ3) is 3.03. The minimum Gasteiger partial charge on any atom is -0.381 e. The van der Waals surface area contributed by atoms with Crippen molar-refractivity contribution in [2.75, 3.05) is 37.0 Å². The summed E-state index contributed by atoms with van der Waals surface area (Å²) in [5, 5.41) is 10.7. The summed E-state index contributed by atoms with van der Waals surface area (Å²) < 4.78 is 13.1. The highest BCUT2D eigenvalue weighted by molar-refractivity contribution is 5.45. The summed E-state index contributed by atoms with van der Waals surface area (Å²) in [6.07, 6.45) is 0. The van der Waals surface area contributed by atoms with Gasteiger partial charge in [-0.1, -0.05) is 26.0 Å². The highest BCUT2D eigenvalue weighted by Gasteiger charge is 2.44. The molecule has 2 heterocycles. The van der Waals surface area contributed by atoms with E-state index in [4.69, 9.17) is 0 Å². The largest absolute Gasteiger partial charge is 0.381 e.